The van der Waals surface area contributed by atoms with E-state index in [4.69, 9.17) is 0 Å². The molecular formula is C17H22N2O3S. The standard InChI is InChI=1S/C17H22N2O3S/c1-23(21,22)17(8-10-18-11-9-17)15(20)19-12-16(6-7-16)13-4-2-3-5-14(13)19/h2-5,18H,6-12H2,1H3. The summed E-state index contributed by atoms with van der Waals surface area (Å²) in [5, 5.41) is 3.17. The number of amides is 1. The Kier molecular flexibility index (Phi) is 3.16. The topological polar surface area (TPSA) is 66.5 Å². The number of piperidine rings is 1. The maximum atomic E-state index is 13.4. The number of anilines is 1. The molecule has 0 unspecified atom stereocenters. The van der Waals surface area contributed by atoms with Crippen molar-refractivity contribution in [1.82, 2.24) is 5.32 Å². The molecule has 3 aliphatic rings. The van der Waals surface area contributed by atoms with Gasteiger partial charge in [-0.3, -0.25) is 4.79 Å². The van der Waals surface area contributed by atoms with Crippen molar-refractivity contribution < 1.29 is 13.2 Å². The lowest BCUT2D eigenvalue weighted by atomic mass is 9.95. The van der Waals surface area contributed by atoms with Crippen LogP contribution in [0, 0.1) is 0 Å². The van der Waals surface area contributed by atoms with Gasteiger partial charge in [0.25, 0.3) is 0 Å². The number of nitrogens with zero attached hydrogens (tertiary/aromatic N) is 1. The molecule has 1 aromatic rings. The maximum Gasteiger partial charge on any atom is 0.248 e. The van der Waals surface area contributed by atoms with Crippen LogP contribution in [0.3, 0.4) is 0 Å². The quantitative estimate of drug-likeness (QED) is 0.883. The molecule has 2 aliphatic heterocycles. The van der Waals surface area contributed by atoms with Gasteiger partial charge >= 0.3 is 0 Å². The van der Waals surface area contributed by atoms with Crippen molar-refractivity contribution in [3.05, 3.63) is 29.8 Å². The molecule has 4 rings (SSSR count). The highest BCUT2D eigenvalue weighted by atomic mass is 32.2. The second-order valence-electron chi connectivity index (χ2n) is 7.21. The maximum absolute atomic E-state index is 13.4. The van der Waals surface area contributed by atoms with Gasteiger partial charge in [0.1, 0.15) is 0 Å². The smallest absolute Gasteiger partial charge is 0.248 e. The molecule has 2 fully saturated rings. The third kappa shape index (κ3) is 2.08. The molecule has 1 amide bonds. The molecule has 23 heavy (non-hydrogen) atoms. The summed E-state index contributed by atoms with van der Waals surface area (Å²) in [7, 11) is -3.47. The van der Waals surface area contributed by atoms with Gasteiger partial charge in [0.05, 0.1) is 0 Å². The van der Waals surface area contributed by atoms with E-state index in [1.807, 2.05) is 18.2 Å². The predicted molar refractivity (Wildman–Crippen MR) is 89.4 cm³/mol. The van der Waals surface area contributed by atoms with Crippen molar-refractivity contribution in [2.24, 2.45) is 0 Å². The third-order valence-corrected chi connectivity index (χ3v) is 7.84. The Morgan fingerprint density at radius 1 is 1.13 bits per heavy atom. The van der Waals surface area contributed by atoms with Gasteiger partial charge in [-0.15, -0.1) is 0 Å². The molecule has 1 saturated heterocycles. The first kappa shape index (κ1) is 15.1. The first-order chi connectivity index (χ1) is 10.9. The van der Waals surface area contributed by atoms with E-state index in [0.29, 0.717) is 32.5 Å². The Hall–Kier alpha value is -1.40. The lowest BCUT2D eigenvalue weighted by molar-refractivity contribution is -0.121. The van der Waals surface area contributed by atoms with Crippen LogP contribution in [0.4, 0.5) is 5.69 Å². The SMILES string of the molecule is CS(=O)(=O)C1(C(=O)N2CC3(CC3)c3ccccc32)CCNCC1. The van der Waals surface area contributed by atoms with Crippen LogP contribution < -0.4 is 10.2 Å². The van der Waals surface area contributed by atoms with E-state index in [1.54, 1.807) is 4.90 Å². The molecule has 0 bridgehead atoms. The summed E-state index contributed by atoms with van der Waals surface area (Å²) in [4.78, 5) is 15.1. The van der Waals surface area contributed by atoms with Crippen molar-refractivity contribution >= 4 is 21.4 Å². The van der Waals surface area contributed by atoms with Crippen LogP contribution in [-0.4, -0.2) is 45.0 Å². The highest BCUT2D eigenvalue weighted by Crippen LogP contribution is 2.57. The number of benzene rings is 1. The first-order valence-corrected chi connectivity index (χ1v) is 10.1. The predicted octanol–water partition coefficient (Wildman–Crippen LogP) is 1.23. The van der Waals surface area contributed by atoms with Crippen molar-refractivity contribution in [3.8, 4) is 0 Å². The number of nitrogens with one attached hydrogen (secondary N) is 1. The highest BCUT2D eigenvalue weighted by Gasteiger charge is 2.57. The minimum Gasteiger partial charge on any atom is -0.317 e. The number of carbonyl (C=O) groups is 1. The molecule has 0 radical (unpaired) electrons. The van der Waals surface area contributed by atoms with Crippen LogP contribution in [0.15, 0.2) is 24.3 Å². The molecule has 1 aliphatic carbocycles. The van der Waals surface area contributed by atoms with E-state index < -0.39 is 14.6 Å². The van der Waals surface area contributed by atoms with Gasteiger partial charge in [0.15, 0.2) is 14.6 Å². The molecule has 5 nitrogen and oxygen atoms in total. The Morgan fingerprint density at radius 2 is 1.78 bits per heavy atom. The second-order valence-corrected chi connectivity index (χ2v) is 9.53. The van der Waals surface area contributed by atoms with E-state index in [9.17, 15) is 13.2 Å². The lowest BCUT2D eigenvalue weighted by Crippen LogP contribution is -2.58. The molecule has 124 valence electrons. The normalized spacial score (nSPS) is 24.5. The molecule has 1 spiro atoms. The summed E-state index contributed by atoms with van der Waals surface area (Å²) in [5.74, 6) is -0.224. The summed E-state index contributed by atoms with van der Waals surface area (Å²) < 4.78 is 23.8. The van der Waals surface area contributed by atoms with Crippen molar-refractivity contribution in [1.29, 1.82) is 0 Å². The van der Waals surface area contributed by atoms with Gasteiger partial charge in [-0.25, -0.2) is 8.42 Å². The number of sulfone groups is 1. The molecule has 6 heteroatoms. The van der Waals surface area contributed by atoms with Crippen LogP contribution >= 0.6 is 0 Å². The number of hydrogen-bond donors (Lipinski definition) is 1. The minimum absolute atomic E-state index is 0.0812. The molecule has 0 atom stereocenters. The van der Waals surface area contributed by atoms with E-state index in [0.717, 1.165) is 18.5 Å². The van der Waals surface area contributed by atoms with Gasteiger partial charge in [-0.1, -0.05) is 18.2 Å². The number of fused-ring (bicyclic) bond motifs is 2. The largest absolute Gasteiger partial charge is 0.317 e. The van der Waals surface area contributed by atoms with Crippen LogP contribution in [0.2, 0.25) is 0 Å². The Morgan fingerprint density at radius 3 is 2.39 bits per heavy atom. The summed E-state index contributed by atoms with van der Waals surface area (Å²) in [6.07, 6.45) is 4.10. The van der Waals surface area contributed by atoms with Gasteiger partial charge in [0, 0.05) is 23.9 Å². The van der Waals surface area contributed by atoms with Crippen molar-refractivity contribution in [2.45, 2.75) is 35.8 Å². The minimum atomic E-state index is -3.47. The fraction of sp³-hybridized carbons (Fsp3) is 0.588. The lowest BCUT2D eigenvalue weighted by Gasteiger charge is -2.37. The molecule has 0 aromatic heterocycles. The van der Waals surface area contributed by atoms with E-state index in [1.165, 1.54) is 11.8 Å². The van der Waals surface area contributed by atoms with Gasteiger partial charge in [-0.05, 0) is 50.4 Å². The number of rotatable bonds is 2. The van der Waals surface area contributed by atoms with Crippen LogP contribution in [-0.2, 0) is 20.0 Å². The van der Waals surface area contributed by atoms with Crippen molar-refractivity contribution in [3.63, 3.8) is 0 Å². The van der Waals surface area contributed by atoms with Crippen LogP contribution in [0.1, 0.15) is 31.2 Å². The zero-order valence-electron chi connectivity index (χ0n) is 13.3. The van der Waals surface area contributed by atoms with Gasteiger partial charge in [0.2, 0.25) is 5.91 Å². The van der Waals surface area contributed by atoms with Gasteiger partial charge in [-0.2, -0.15) is 0 Å². The number of hydrogen-bond acceptors (Lipinski definition) is 4. The van der Waals surface area contributed by atoms with Gasteiger partial charge < -0.3 is 10.2 Å². The first-order valence-electron chi connectivity index (χ1n) is 8.22. The van der Waals surface area contributed by atoms with E-state index >= 15 is 0 Å². The second kappa shape index (κ2) is 4.80. The zero-order chi connectivity index (χ0) is 16.3. The number of para-hydroxylation sites is 1. The fourth-order valence-electron chi connectivity index (χ4n) is 4.21. The average molecular weight is 334 g/mol. The summed E-state index contributed by atoms with van der Waals surface area (Å²) >= 11 is 0. The fourth-order valence-corrected chi connectivity index (χ4v) is 5.58. The molecular weight excluding hydrogens is 312 g/mol. The number of carbonyl (C=O) groups excluding carboxylic acids is 1. The zero-order valence-corrected chi connectivity index (χ0v) is 14.2. The molecule has 1 N–H and O–H groups in total. The van der Waals surface area contributed by atoms with Crippen LogP contribution in [0.25, 0.3) is 0 Å². The Bertz CT molecular complexity index is 762. The molecule has 1 saturated carbocycles. The Labute approximate surface area is 137 Å². The highest BCUT2D eigenvalue weighted by molar-refractivity contribution is 7.92. The van der Waals surface area contributed by atoms with Crippen molar-refractivity contribution in [2.75, 3.05) is 30.8 Å². The van der Waals surface area contributed by atoms with E-state index in [-0.39, 0.29) is 11.3 Å². The monoisotopic (exact) mass is 334 g/mol. The van der Waals surface area contributed by atoms with Crippen LogP contribution in [0.5, 0.6) is 0 Å². The summed E-state index contributed by atoms with van der Waals surface area (Å²) in [5.41, 5.74) is 2.21. The summed E-state index contributed by atoms with van der Waals surface area (Å²) in [6.45, 7) is 1.77. The van der Waals surface area contributed by atoms with E-state index in [2.05, 4.69) is 11.4 Å². The molecule has 1 aromatic carbocycles. The summed E-state index contributed by atoms with van der Waals surface area (Å²) in [6, 6.07) is 7.97. The Balaban J connectivity index is 1.77. The molecule has 2 heterocycles. The third-order valence-electron chi connectivity index (χ3n) is 5.84. The average Bonchev–Trinajstić information content (AvgIpc) is 3.24.